The van der Waals surface area contributed by atoms with E-state index in [2.05, 4.69) is 4.98 Å². The number of aliphatic carboxylic acids is 1. The van der Waals surface area contributed by atoms with Gasteiger partial charge in [-0.1, -0.05) is 18.2 Å². The fraction of sp³-hybridized carbons (Fsp3) is 0.273. The number of carbonyl (C=O) groups is 1. The molecule has 2 unspecified atom stereocenters. The average Bonchev–Trinajstić information content (AvgIpc) is 3.25. The van der Waals surface area contributed by atoms with E-state index in [1.54, 1.807) is 6.33 Å². The lowest BCUT2D eigenvalue weighted by Gasteiger charge is -2.09. The Labute approximate surface area is 163 Å². The molecule has 1 fully saturated rings. The molecule has 2 atom stereocenters. The summed E-state index contributed by atoms with van der Waals surface area (Å²) in [4.78, 5) is 16.3. The molecule has 3 aromatic rings. The van der Waals surface area contributed by atoms with Crippen molar-refractivity contribution >= 4 is 5.97 Å². The van der Waals surface area contributed by atoms with E-state index in [0.29, 0.717) is 18.7 Å². The van der Waals surface area contributed by atoms with Gasteiger partial charge in [0.05, 0.1) is 12.0 Å². The standard InChI is InChI=1S/C22H23N3O3/c23-12-4-5-16-13-22(16,21(26)27)20-14-25(15-24-20)17-8-10-19(11-9-17)28-18-6-2-1-3-7-18/h1-3,6-11,14-16H,4-5,12-13,23H2,(H,26,27). The zero-order chi connectivity index (χ0) is 19.6. The van der Waals surface area contributed by atoms with Gasteiger partial charge in [-0.2, -0.15) is 0 Å². The molecule has 4 rings (SSSR count). The van der Waals surface area contributed by atoms with Crippen molar-refractivity contribution in [1.29, 1.82) is 0 Å². The third kappa shape index (κ3) is 3.39. The van der Waals surface area contributed by atoms with Gasteiger partial charge in [-0.3, -0.25) is 4.79 Å². The molecule has 0 saturated heterocycles. The Morgan fingerprint density at radius 2 is 1.89 bits per heavy atom. The molecule has 1 aliphatic rings. The largest absolute Gasteiger partial charge is 0.481 e. The van der Waals surface area contributed by atoms with Gasteiger partial charge in [-0.15, -0.1) is 0 Å². The summed E-state index contributed by atoms with van der Waals surface area (Å²) in [7, 11) is 0. The van der Waals surface area contributed by atoms with Crippen LogP contribution in [0.1, 0.15) is 25.0 Å². The van der Waals surface area contributed by atoms with Crippen LogP contribution in [0.3, 0.4) is 0 Å². The van der Waals surface area contributed by atoms with E-state index in [-0.39, 0.29) is 5.92 Å². The number of carboxylic acids is 1. The Morgan fingerprint density at radius 1 is 1.18 bits per heavy atom. The number of nitrogens with two attached hydrogens (primary N) is 1. The average molecular weight is 377 g/mol. The molecule has 144 valence electrons. The summed E-state index contributed by atoms with van der Waals surface area (Å²) in [6.45, 7) is 0.581. The maximum absolute atomic E-state index is 11.9. The fourth-order valence-corrected chi connectivity index (χ4v) is 3.73. The number of carboxylic acid groups (broad SMARTS) is 1. The first kappa shape index (κ1) is 18.3. The summed E-state index contributed by atoms with van der Waals surface area (Å²) in [5.41, 5.74) is 6.23. The molecule has 0 aliphatic heterocycles. The van der Waals surface area contributed by atoms with Crippen LogP contribution in [-0.4, -0.2) is 27.2 Å². The van der Waals surface area contributed by atoms with Crippen LogP contribution in [-0.2, 0) is 10.2 Å². The topological polar surface area (TPSA) is 90.4 Å². The van der Waals surface area contributed by atoms with E-state index in [9.17, 15) is 9.90 Å². The van der Waals surface area contributed by atoms with Crippen LogP contribution in [0.5, 0.6) is 11.5 Å². The van der Waals surface area contributed by atoms with Gasteiger partial charge in [-0.25, -0.2) is 4.98 Å². The van der Waals surface area contributed by atoms with Crippen LogP contribution in [0.15, 0.2) is 67.1 Å². The molecule has 3 N–H and O–H groups in total. The Morgan fingerprint density at radius 3 is 2.57 bits per heavy atom. The number of para-hydroxylation sites is 1. The third-order valence-electron chi connectivity index (χ3n) is 5.40. The second-order valence-corrected chi connectivity index (χ2v) is 7.18. The van der Waals surface area contributed by atoms with Crippen LogP contribution in [0.4, 0.5) is 0 Å². The highest BCUT2D eigenvalue weighted by Crippen LogP contribution is 2.56. The molecule has 1 aromatic heterocycles. The molecular weight excluding hydrogens is 354 g/mol. The molecule has 0 radical (unpaired) electrons. The summed E-state index contributed by atoms with van der Waals surface area (Å²) in [6.07, 6.45) is 5.78. The number of aromatic nitrogens is 2. The van der Waals surface area contributed by atoms with Crippen LogP contribution in [0.25, 0.3) is 5.69 Å². The van der Waals surface area contributed by atoms with E-state index >= 15 is 0 Å². The third-order valence-corrected chi connectivity index (χ3v) is 5.40. The lowest BCUT2D eigenvalue weighted by Crippen LogP contribution is -2.23. The molecule has 6 heteroatoms. The van der Waals surface area contributed by atoms with Crippen LogP contribution >= 0.6 is 0 Å². The van der Waals surface area contributed by atoms with Gasteiger partial charge in [0.15, 0.2) is 0 Å². The SMILES string of the molecule is NCCCC1CC1(C(=O)O)c1cn(-c2ccc(Oc3ccccc3)cc2)cn1. The molecule has 6 nitrogen and oxygen atoms in total. The number of hydrogen-bond donors (Lipinski definition) is 2. The zero-order valence-corrected chi connectivity index (χ0v) is 15.5. The predicted octanol–water partition coefficient (Wildman–Crippen LogP) is 3.75. The lowest BCUT2D eigenvalue weighted by molar-refractivity contribution is -0.140. The fourth-order valence-electron chi connectivity index (χ4n) is 3.73. The lowest BCUT2D eigenvalue weighted by atomic mass is 9.98. The Balaban J connectivity index is 1.50. The minimum Gasteiger partial charge on any atom is -0.481 e. The number of rotatable bonds is 8. The highest BCUT2D eigenvalue weighted by Gasteiger charge is 2.62. The number of nitrogens with zero attached hydrogens (tertiary/aromatic N) is 2. The van der Waals surface area contributed by atoms with Crippen molar-refractivity contribution in [3.8, 4) is 17.2 Å². The summed E-state index contributed by atoms with van der Waals surface area (Å²) in [5, 5.41) is 9.79. The van der Waals surface area contributed by atoms with Crippen LogP contribution in [0.2, 0.25) is 0 Å². The van der Waals surface area contributed by atoms with Crippen LogP contribution in [0, 0.1) is 5.92 Å². The Bertz CT molecular complexity index is 953. The summed E-state index contributed by atoms with van der Waals surface area (Å²) in [5.74, 6) is 0.826. The molecular formula is C22H23N3O3. The Kier molecular flexibility index (Phi) is 4.88. The zero-order valence-electron chi connectivity index (χ0n) is 15.5. The van der Waals surface area contributed by atoms with Crippen molar-refractivity contribution in [3.05, 3.63) is 72.8 Å². The first-order chi connectivity index (χ1) is 13.6. The second kappa shape index (κ2) is 7.48. The minimum absolute atomic E-state index is 0.110. The van der Waals surface area contributed by atoms with E-state index in [4.69, 9.17) is 10.5 Å². The highest BCUT2D eigenvalue weighted by molar-refractivity contribution is 5.85. The van der Waals surface area contributed by atoms with Crippen molar-refractivity contribution in [2.45, 2.75) is 24.7 Å². The van der Waals surface area contributed by atoms with E-state index in [0.717, 1.165) is 30.0 Å². The van der Waals surface area contributed by atoms with Gasteiger partial charge in [0.1, 0.15) is 16.9 Å². The molecule has 1 heterocycles. The van der Waals surface area contributed by atoms with Crippen molar-refractivity contribution < 1.29 is 14.6 Å². The summed E-state index contributed by atoms with van der Waals surface area (Å²) in [6, 6.07) is 17.2. The van der Waals surface area contributed by atoms with E-state index in [1.165, 1.54) is 0 Å². The number of benzene rings is 2. The van der Waals surface area contributed by atoms with Gasteiger partial charge in [-0.05, 0) is 68.1 Å². The monoisotopic (exact) mass is 377 g/mol. The van der Waals surface area contributed by atoms with Crippen molar-refractivity contribution in [1.82, 2.24) is 9.55 Å². The van der Waals surface area contributed by atoms with Gasteiger partial charge in [0, 0.05) is 11.9 Å². The molecule has 28 heavy (non-hydrogen) atoms. The van der Waals surface area contributed by atoms with Crippen molar-refractivity contribution in [3.63, 3.8) is 0 Å². The molecule has 1 aliphatic carbocycles. The van der Waals surface area contributed by atoms with Gasteiger partial charge < -0.3 is 20.1 Å². The first-order valence-electron chi connectivity index (χ1n) is 9.45. The smallest absolute Gasteiger partial charge is 0.316 e. The van der Waals surface area contributed by atoms with Gasteiger partial charge in [0.2, 0.25) is 0 Å². The summed E-state index contributed by atoms with van der Waals surface area (Å²) < 4.78 is 7.66. The maximum Gasteiger partial charge on any atom is 0.316 e. The van der Waals surface area contributed by atoms with Gasteiger partial charge >= 0.3 is 5.97 Å². The highest BCUT2D eigenvalue weighted by atomic mass is 16.5. The van der Waals surface area contributed by atoms with E-state index < -0.39 is 11.4 Å². The molecule has 1 saturated carbocycles. The predicted molar refractivity (Wildman–Crippen MR) is 106 cm³/mol. The Hall–Kier alpha value is -3.12. The minimum atomic E-state index is -0.864. The molecule has 0 bridgehead atoms. The first-order valence-corrected chi connectivity index (χ1v) is 9.45. The summed E-state index contributed by atoms with van der Waals surface area (Å²) >= 11 is 0. The van der Waals surface area contributed by atoms with Crippen LogP contribution < -0.4 is 10.5 Å². The normalized spacial score (nSPS) is 20.7. The van der Waals surface area contributed by atoms with Crippen molar-refractivity contribution in [2.75, 3.05) is 6.54 Å². The van der Waals surface area contributed by atoms with Crippen molar-refractivity contribution in [2.24, 2.45) is 11.7 Å². The molecule has 2 aromatic carbocycles. The quantitative estimate of drug-likeness (QED) is 0.624. The number of hydrogen-bond acceptors (Lipinski definition) is 4. The molecule has 0 spiro atoms. The maximum atomic E-state index is 11.9. The van der Waals surface area contributed by atoms with Gasteiger partial charge in [0.25, 0.3) is 0 Å². The number of ether oxygens (including phenoxy) is 1. The van der Waals surface area contributed by atoms with E-state index in [1.807, 2.05) is 65.4 Å². The number of imidazole rings is 1. The molecule has 0 amide bonds. The second-order valence-electron chi connectivity index (χ2n) is 7.18.